The van der Waals surface area contributed by atoms with Gasteiger partial charge in [0, 0.05) is 11.8 Å². The first-order valence-electron chi connectivity index (χ1n) is 6.45. The molecule has 0 aromatic heterocycles. The number of rotatable bonds is 4. The summed E-state index contributed by atoms with van der Waals surface area (Å²) in [5.41, 5.74) is 0. The average molecular weight is 242 g/mol. The second-order valence-corrected chi connectivity index (χ2v) is 6.16. The van der Waals surface area contributed by atoms with E-state index in [9.17, 15) is 4.79 Å². The molecule has 0 aliphatic carbocycles. The van der Waals surface area contributed by atoms with E-state index in [0.29, 0.717) is 11.2 Å². The molecule has 2 atom stereocenters. The summed E-state index contributed by atoms with van der Waals surface area (Å²) in [4.78, 5) is 14.0. The molecule has 2 rings (SSSR count). The van der Waals surface area contributed by atoms with Crippen molar-refractivity contribution in [1.82, 2.24) is 10.2 Å². The third-order valence-corrected chi connectivity index (χ3v) is 4.79. The summed E-state index contributed by atoms with van der Waals surface area (Å²) in [5.74, 6) is 1.60. The molecule has 0 aromatic carbocycles. The van der Waals surface area contributed by atoms with Crippen LogP contribution in [0.15, 0.2) is 0 Å². The molecule has 0 spiro atoms. The molecule has 2 heterocycles. The van der Waals surface area contributed by atoms with Gasteiger partial charge in [-0.3, -0.25) is 10.1 Å². The van der Waals surface area contributed by atoms with E-state index in [1.807, 2.05) is 16.7 Å². The Hall–Kier alpha value is -0.220. The van der Waals surface area contributed by atoms with Crippen LogP contribution in [0.4, 0.5) is 0 Å². The number of hydrogen-bond acceptors (Lipinski definition) is 3. The number of hydrogen-bond donors (Lipinski definition) is 1. The van der Waals surface area contributed by atoms with Gasteiger partial charge in [-0.1, -0.05) is 19.8 Å². The fourth-order valence-corrected chi connectivity index (χ4v) is 3.79. The van der Waals surface area contributed by atoms with Crippen LogP contribution in [0.25, 0.3) is 0 Å². The van der Waals surface area contributed by atoms with Crippen molar-refractivity contribution in [3.8, 4) is 0 Å². The Morgan fingerprint density at radius 2 is 2.38 bits per heavy atom. The van der Waals surface area contributed by atoms with Gasteiger partial charge in [0.15, 0.2) is 0 Å². The van der Waals surface area contributed by atoms with E-state index in [1.54, 1.807) is 0 Å². The van der Waals surface area contributed by atoms with Gasteiger partial charge < -0.3 is 4.90 Å². The van der Waals surface area contributed by atoms with Gasteiger partial charge in [0.2, 0.25) is 5.91 Å². The fourth-order valence-electron chi connectivity index (χ4n) is 2.47. The number of amides is 1. The summed E-state index contributed by atoms with van der Waals surface area (Å²) < 4.78 is 0. The molecular weight excluding hydrogens is 220 g/mol. The first-order chi connectivity index (χ1) is 7.81. The van der Waals surface area contributed by atoms with Gasteiger partial charge in [0.25, 0.3) is 0 Å². The summed E-state index contributed by atoms with van der Waals surface area (Å²) in [6, 6.07) is 0.0959. The normalized spacial score (nSPS) is 31.1. The van der Waals surface area contributed by atoms with Crippen LogP contribution >= 0.6 is 11.8 Å². The summed E-state index contributed by atoms with van der Waals surface area (Å²) >= 11 is 2.04. The highest BCUT2D eigenvalue weighted by Gasteiger charge is 2.31. The number of carbonyl (C=O) groups excluding carboxylic acids is 1. The number of nitrogens with zero attached hydrogens (tertiary/aromatic N) is 1. The Morgan fingerprint density at radius 1 is 1.50 bits per heavy atom. The molecule has 92 valence electrons. The van der Waals surface area contributed by atoms with Gasteiger partial charge in [-0.25, -0.2) is 0 Å². The number of carbonyl (C=O) groups is 1. The molecule has 2 unspecified atom stereocenters. The van der Waals surface area contributed by atoms with Gasteiger partial charge in [0.1, 0.15) is 0 Å². The quantitative estimate of drug-likeness (QED) is 0.816. The topological polar surface area (TPSA) is 32.3 Å². The van der Waals surface area contributed by atoms with Gasteiger partial charge in [-0.2, -0.15) is 11.8 Å². The second-order valence-electron chi connectivity index (χ2n) is 4.75. The highest BCUT2D eigenvalue weighted by Crippen LogP contribution is 2.26. The summed E-state index contributed by atoms with van der Waals surface area (Å²) in [5, 5.41) is 3.99. The fraction of sp³-hybridized carbons (Fsp3) is 0.917. The third kappa shape index (κ3) is 2.92. The van der Waals surface area contributed by atoms with E-state index in [0.717, 1.165) is 26.1 Å². The van der Waals surface area contributed by atoms with Crippen LogP contribution in [0.3, 0.4) is 0 Å². The molecule has 16 heavy (non-hydrogen) atoms. The maximum Gasteiger partial charge on any atom is 0.240 e. The predicted octanol–water partition coefficient (Wildman–Crippen LogP) is 1.83. The minimum Gasteiger partial charge on any atom is -0.327 e. The van der Waals surface area contributed by atoms with E-state index < -0.39 is 0 Å². The Morgan fingerprint density at radius 3 is 3.06 bits per heavy atom. The maximum atomic E-state index is 12.0. The van der Waals surface area contributed by atoms with Crippen LogP contribution in [0, 0.1) is 0 Å². The van der Waals surface area contributed by atoms with Crippen LogP contribution in [-0.4, -0.2) is 41.1 Å². The average Bonchev–Trinajstić information content (AvgIpc) is 2.64. The molecule has 1 amide bonds. The molecule has 1 N–H and O–H groups in total. The van der Waals surface area contributed by atoms with Crippen molar-refractivity contribution < 1.29 is 4.79 Å². The lowest BCUT2D eigenvalue weighted by molar-refractivity contribution is -0.129. The summed E-state index contributed by atoms with van der Waals surface area (Å²) in [7, 11) is 0. The Labute approximate surface area is 102 Å². The third-order valence-electron chi connectivity index (χ3n) is 3.41. The zero-order valence-corrected chi connectivity index (χ0v) is 10.9. The second kappa shape index (κ2) is 5.92. The van der Waals surface area contributed by atoms with Crippen LogP contribution in [0.1, 0.15) is 39.0 Å². The first kappa shape index (κ1) is 12.2. The molecule has 3 nitrogen and oxygen atoms in total. The number of thioether (sulfide) groups is 1. The Kier molecular flexibility index (Phi) is 4.53. The van der Waals surface area contributed by atoms with Crippen molar-refractivity contribution in [2.75, 3.05) is 19.0 Å². The summed E-state index contributed by atoms with van der Waals surface area (Å²) in [6.45, 7) is 3.85. The Bertz CT molecular complexity index is 241. The maximum absolute atomic E-state index is 12.0. The van der Waals surface area contributed by atoms with Crippen molar-refractivity contribution >= 4 is 17.7 Å². The van der Waals surface area contributed by atoms with Gasteiger partial charge in [-0.05, 0) is 25.0 Å². The van der Waals surface area contributed by atoms with Crippen LogP contribution in [0.5, 0.6) is 0 Å². The number of nitrogens with one attached hydrogen (secondary N) is 1. The standard InChI is InChI=1S/C12H22N2OS/c1-2-5-11-12(15)14(9-13-11)8-10-6-3-4-7-16-10/h10-11,13H,2-9H2,1H3. The highest BCUT2D eigenvalue weighted by molar-refractivity contribution is 7.99. The molecule has 2 aliphatic heterocycles. The zero-order chi connectivity index (χ0) is 11.4. The van der Waals surface area contributed by atoms with E-state index in [4.69, 9.17) is 0 Å². The van der Waals surface area contributed by atoms with Gasteiger partial charge >= 0.3 is 0 Å². The van der Waals surface area contributed by atoms with Crippen molar-refractivity contribution in [2.45, 2.75) is 50.3 Å². The minimum absolute atomic E-state index is 0.0959. The monoisotopic (exact) mass is 242 g/mol. The van der Waals surface area contributed by atoms with Crippen molar-refractivity contribution in [1.29, 1.82) is 0 Å². The molecule has 0 bridgehead atoms. The molecule has 0 radical (unpaired) electrons. The lowest BCUT2D eigenvalue weighted by Crippen LogP contribution is -2.35. The Balaban J connectivity index is 1.79. The van der Waals surface area contributed by atoms with Crippen molar-refractivity contribution in [3.05, 3.63) is 0 Å². The van der Waals surface area contributed by atoms with Gasteiger partial charge in [0.05, 0.1) is 12.7 Å². The van der Waals surface area contributed by atoms with Gasteiger partial charge in [-0.15, -0.1) is 0 Å². The highest BCUT2D eigenvalue weighted by atomic mass is 32.2. The minimum atomic E-state index is 0.0959. The SMILES string of the molecule is CCCC1NCN(CC2CCCCS2)C1=O. The first-order valence-corrected chi connectivity index (χ1v) is 7.50. The van der Waals surface area contributed by atoms with Crippen molar-refractivity contribution in [3.63, 3.8) is 0 Å². The molecule has 2 saturated heterocycles. The van der Waals surface area contributed by atoms with E-state index in [2.05, 4.69) is 12.2 Å². The van der Waals surface area contributed by atoms with Crippen LogP contribution in [0.2, 0.25) is 0 Å². The molecule has 0 saturated carbocycles. The van der Waals surface area contributed by atoms with E-state index in [1.165, 1.54) is 25.0 Å². The van der Waals surface area contributed by atoms with E-state index in [-0.39, 0.29) is 6.04 Å². The molecule has 2 aliphatic rings. The predicted molar refractivity (Wildman–Crippen MR) is 68.5 cm³/mol. The van der Waals surface area contributed by atoms with E-state index >= 15 is 0 Å². The lowest BCUT2D eigenvalue weighted by Gasteiger charge is -2.26. The molecule has 4 heteroatoms. The lowest BCUT2D eigenvalue weighted by atomic mass is 10.1. The van der Waals surface area contributed by atoms with Crippen LogP contribution < -0.4 is 5.32 Å². The van der Waals surface area contributed by atoms with Crippen LogP contribution in [-0.2, 0) is 4.79 Å². The van der Waals surface area contributed by atoms with Crippen molar-refractivity contribution in [2.24, 2.45) is 0 Å². The molecule has 2 fully saturated rings. The molecule has 0 aromatic rings. The summed E-state index contributed by atoms with van der Waals surface area (Å²) in [6.07, 6.45) is 6.03. The zero-order valence-electron chi connectivity index (χ0n) is 10.1. The molecular formula is C12H22N2OS. The smallest absolute Gasteiger partial charge is 0.240 e. The largest absolute Gasteiger partial charge is 0.327 e.